The lowest BCUT2D eigenvalue weighted by Gasteiger charge is -2.29. The van der Waals surface area contributed by atoms with Crippen molar-refractivity contribution < 1.29 is 23.1 Å². The predicted molar refractivity (Wildman–Crippen MR) is 181 cm³/mol. The second-order valence-corrected chi connectivity index (χ2v) is 13.3. The third-order valence-corrected chi connectivity index (χ3v) is 8.87. The number of aliphatic hydroxyl groups is 1. The quantitative estimate of drug-likeness (QED) is 0.159. The van der Waals surface area contributed by atoms with E-state index >= 15 is 0 Å². The van der Waals surface area contributed by atoms with Crippen LogP contribution in [0.3, 0.4) is 0 Å². The van der Waals surface area contributed by atoms with Gasteiger partial charge in [-0.3, -0.25) is 14.3 Å². The van der Waals surface area contributed by atoms with Gasteiger partial charge < -0.3 is 20.6 Å². The van der Waals surface area contributed by atoms with Gasteiger partial charge >= 0.3 is 0 Å². The number of aromatic nitrogens is 1. The van der Waals surface area contributed by atoms with Gasteiger partial charge in [0.15, 0.2) is 0 Å². The number of hydrogen-bond acceptors (Lipinski definition) is 7. The molecule has 0 bridgehead atoms. The number of nitrogens with one attached hydrogen (secondary N) is 3. The zero-order chi connectivity index (χ0) is 33.3. The lowest BCUT2D eigenvalue weighted by Crippen LogP contribution is -2.49. The average molecular weight is 644 g/mol. The minimum atomic E-state index is -3.71. The molecular weight excluding hydrogens is 602 g/mol. The van der Waals surface area contributed by atoms with E-state index in [1.54, 1.807) is 0 Å². The predicted octanol–water partition coefficient (Wildman–Crippen LogP) is 4.48. The van der Waals surface area contributed by atoms with E-state index in [2.05, 4.69) is 20.3 Å². The van der Waals surface area contributed by atoms with Gasteiger partial charge in [0, 0.05) is 30.4 Å². The van der Waals surface area contributed by atoms with E-state index in [-0.39, 0.29) is 35.2 Å². The first-order chi connectivity index (χ1) is 21.9. The third-order valence-electron chi connectivity index (χ3n) is 7.56. The van der Waals surface area contributed by atoms with Crippen molar-refractivity contribution >= 4 is 33.3 Å². The largest absolute Gasteiger partial charge is 0.389 e. The number of aliphatic hydroxyl groups excluding tert-OH is 1. The Hall–Kier alpha value is -4.74. The topological polar surface area (TPSA) is 141 Å². The van der Waals surface area contributed by atoms with Crippen molar-refractivity contribution in [2.24, 2.45) is 0 Å². The van der Waals surface area contributed by atoms with Crippen LogP contribution in [0.1, 0.15) is 57.4 Å². The van der Waals surface area contributed by atoms with Gasteiger partial charge in [0.1, 0.15) is 5.82 Å². The Morgan fingerprint density at radius 1 is 0.870 bits per heavy atom. The maximum atomic E-state index is 13.8. The molecule has 4 N–H and O–H groups in total. The summed E-state index contributed by atoms with van der Waals surface area (Å²) in [5.74, 6) is -0.555. The normalized spacial score (nSPS) is 13.2. The number of rotatable bonds is 14. The van der Waals surface area contributed by atoms with Crippen LogP contribution in [-0.4, -0.2) is 61.8 Å². The molecule has 0 unspecified atom stereocenters. The van der Waals surface area contributed by atoms with Gasteiger partial charge in [0.2, 0.25) is 10.0 Å². The number of pyridine rings is 1. The summed E-state index contributed by atoms with van der Waals surface area (Å²) in [4.78, 5) is 33.5. The highest BCUT2D eigenvalue weighted by Crippen LogP contribution is 2.20. The smallest absolute Gasteiger partial charge is 0.251 e. The zero-order valence-corrected chi connectivity index (χ0v) is 27.3. The lowest BCUT2D eigenvalue weighted by atomic mass is 9.99. The molecule has 242 valence electrons. The van der Waals surface area contributed by atoms with Crippen molar-refractivity contribution in [2.75, 3.05) is 29.0 Å². The van der Waals surface area contributed by atoms with Crippen LogP contribution < -0.4 is 20.3 Å². The van der Waals surface area contributed by atoms with E-state index in [1.807, 2.05) is 105 Å². The van der Waals surface area contributed by atoms with Crippen molar-refractivity contribution in [1.82, 2.24) is 15.6 Å². The van der Waals surface area contributed by atoms with Crippen LogP contribution >= 0.6 is 0 Å². The molecule has 10 nitrogen and oxygen atoms in total. The molecular formula is C35H41N5O5S. The van der Waals surface area contributed by atoms with Gasteiger partial charge in [-0.2, -0.15) is 0 Å². The molecule has 4 aromatic rings. The van der Waals surface area contributed by atoms with E-state index < -0.39 is 34.0 Å². The maximum Gasteiger partial charge on any atom is 0.251 e. The van der Waals surface area contributed by atoms with Crippen molar-refractivity contribution in [2.45, 2.75) is 45.4 Å². The van der Waals surface area contributed by atoms with Crippen LogP contribution in [0.4, 0.5) is 11.5 Å². The number of benzene rings is 3. The lowest BCUT2D eigenvalue weighted by molar-refractivity contribution is 0.0843. The molecule has 1 heterocycles. The minimum Gasteiger partial charge on any atom is -0.389 e. The minimum absolute atomic E-state index is 0.0628. The summed E-state index contributed by atoms with van der Waals surface area (Å²) in [6.07, 6.45) is -0.680. The molecule has 3 atom stereocenters. The Morgan fingerprint density at radius 3 is 2.09 bits per heavy atom. The highest BCUT2D eigenvalue weighted by Gasteiger charge is 2.25. The molecule has 0 spiro atoms. The van der Waals surface area contributed by atoms with Crippen LogP contribution in [-0.2, 0) is 16.4 Å². The highest BCUT2D eigenvalue weighted by atomic mass is 32.2. The molecule has 3 aromatic carbocycles. The fraction of sp³-hybridized carbons (Fsp3) is 0.286. The number of carbonyl (C=O) groups is 2. The number of amides is 2. The molecule has 0 fully saturated rings. The molecule has 0 aliphatic carbocycles. The van der Waals surface area contributed by atoms with Gasteiger partial charge in [-0.1, -0.05) is 66.7 Å². The molecule has 0 saturated heterocycles. The molecule has 46 heavy (non-hydrogen) atoms. The van der Waals surface area contributed by atoms with Crippen molar-refractivity contribution in [3.05, 3.63) is 125 Å². The number of aryl methyl sites for hydroxylation is 1. The molecule has 0 saturated carbocycles. The Morgan fingerprint density at radius 2 is 1.48 bits per heavy atom. The standard InChI is InChI=1S/C35H41N5O5S/c1-5-46(44,45)39-30-21-28(34(42)37-25(3)27-16-10-7-11-17-27)20-29(22-30)35(43)38-31(19-26-14-8-6-9-15-26)32(41)23-40(4)33-18-12-13-24(2)36-33/h6-18,20-22,25,31-32,39,41H,5,19,23H2,1-4H3,(H,37,42)(H,38,43)/t25-,31+,32-/m1/s1. The molecule has 0 aliphatic rings. The van der Waals surface area contributed by atoms with E-state index in [4.69, 9.17) is 0 Å². The number of carbonyl (C=O) groups excluding carboxylic acids is 2. The highest BCUT2D eigenvalue weighted by molar-refractivity contribution is 7.92. The number of sulfonamides is 1. The Balaban J connectivity index is 1.62. The third kappa shape index (κ3) is 9.63. The first-order valence-corrected chi connectivity index (χ1v) is 16.8. The fourth-order valence-electron chi connectivity index (χ4n) is 4.95. The molecule has 1 aromatic heterocycles. The van der Waals surface area contributed by atoms with E-state index in [0.29, 0.717) is 12.2 Å². The summed E-state index contributed by atoms with van der Waals surface area (Å²) in [5.41, 5.74) is 2.88. The van der Waals surface area contributed by atoms with Crippen LogP contribution in [0.5, 0.6) is 0 Å². The van der Waals surface area contributed by atoms with Gasteiger partial charge in [0.05, 0.1) is 29.6 Å². The molecule has 2 amide bonds. The SMILES string of the molecule is CCS(=O)(=O)Nc1cc(C(=O)N[C@@H](Cc2ccccc2)[C@H](O)CN(C)c2cccc(C)n2)cc(C(=O)N[C@H](C)c2ccccc2)c1. The second kappa shape index (κ2) is 15.5. The van der Waals surface area contributed by atoms with Crippen LogP contribution in [0, 0.1) is 6.92 Å². The summed E-state index contributed by atoms with van der Waals surface area (Å²) in [5, 5.41) is 17.3. The second-order valence-electron chi connectivity index (χ2n) is 11.3. The van der Waals surface area contributed by atoms with Gasteiger partial charge in [-0.25, -0.2) is 13.4 Å². The van der Waals surface area contributed by atoms with Crippen LogP contribution in [0.25, 0.3) is 0 Å². The Kier molecular flexibility index (Phi) is 11.5. The summed E-state index contributed by atoms with van der Waals surface area (Å²) < 4.78 is 27.4. The monoisotopic (exact) mass is 643 g/mol. The van der Waals surface area contributed by atoms with Crippen LogP contribution in [0.2, 0.25) is 0 Å². The van der Waals surface area contributed by atoms with E-state index in [0.717, 1.165) is 16.8 Å². The summed E-state index contributed by atoms with van der Waals surface area (Å²) in [6.45, 7) is 5.39. The van der Waals surface area contributed by atoms with E-state index in [1.165, 1.54) is 25.1 Å². The fourth-order valence-corrected chi connectivity index (χ4v) is 5.57. The van der Waals surface area contributed by atoms with Gasteiger partial charge in [-0.15, -0.1) is 0 Å². The summed E-state index contributed by atoms with van der Waals surface area (Å²) in [7, 11) is -1.89. The maximum absolute atomic E-state index is 13.8. The Bertz CT molecular complexity index is 1740. The van der Waals surface area contributed by atoms with Crippen molar-refractivity contribution in [1.29, 1.82) is 0 Å². The molecule has 0 aliphatic heterocycles. The van der Waals surface area contributed by atoms with E-state index in [9.17, 15) is 23.1 Å². The first kappa shape index (κ1) is 34.1. The first-order valence-electron chi connectivity index (χ1n) is 15.1. The number of anilines is 2. The average Bonchev–Trinajstić information content (AvgIpc) is 3.04. The Labute approximate surface area is 270 Å². The number of hydrogen-bond donors (Lipinski definition) is 4. The van der Waals surface area contributed by atoms with Crippen LogP contribution in [0.15, 0.2) is 97.1 Å². The summed E-state index contributed by atoms with van der Waals surface area (Å²) in [6, 6.07) is 27.6. The zero-order valence-electron chi connectivity index (χ0n) is 26.5. The van der Waals surface area contributed by atoms with Crippen molar-refractivity contribution in [3.63, 3.8) is 0 Å². The van der Waals surface area contributed by atoms with Gasteiger partial charge in [-0.05, 0) is 68.7 Å². The summed E-state index contributed by atoms with van der Waals surface area (Å²) >= 11 is 0. The number of nitrogens with zero attached hydrogens (tertiary/aromatic N) is 2. The number of likely N-dealkylation sites (N-methyl/N-ethyl adjacent to an activating group) is 1. The van der Waals surface area contributed by atoms with Crippen molar-refractivity contribution in [3.8, 4) is 0 Å². The van der Waals surface area contributed by atoms with Gasteiger partial charge in [0.25, 0.3) is 11.8 Å². The molecule has 0 radical (unpaired) electrons. The molecule has 4 rings (SSSR count). The molecule has 11 heteroatoms.